The van der Waals surface area contributed by atoms with Gasteiger partial charge in [0.25, 0.3) is 0 Å². The van der Waals surface area contributed by atoms with Crippen molar-refractivity contribution in [2.45, 2.75) is 52.6 Å². The smallest absolute Gasteiger partial charge is 0.317 e. The summed E-state index contributed by atoms with van der Waals surface area (Å²) in [6.07, 6.45) is 1.58. The summed E-state index contributed by atoms with van der Waals surface area (Å²) in [7, 11) is 0. The first-order valence-electron chi connectivity index (χ1n) is 10.3. The molecule has 1 heterocycles. The highest BCUT2D eigenvalue weighted by atomic mass is 16.4. The van der Waals surface area contributed by atoms with Crippen molar-refractivity contribution in [2.24, 2.45) is 17.8 Å². The monoisotopic (exact) mass is 389 g/mol. The molecule has 1 fully saturated rings. The van der Waals surface area contributed by atoms with Crippen LogP contribution in [-0.4, -0.2) is 47.7 Å². The molecule has 1 aliphatic rings. The normalized spacial score (nSPS) is 22.0. The summed E-state index contributed by atoms with van der Waals surface area (Å²) >= 11 is 0. The molecule has 1 saturated heterocycles. The number of carboxylic acid groups (broad SMARTS) is 1. The molecule has 0 bridgehead atoms. The summed E-state index contributed by atoms with van der Waals surface area (Å²) in [5.41, 5.74) is 1.22. The Hall–Kier alpha value is -2.08. The maximum Gasteiger partial charge on any atom is 0.317 e. The molecule has 3 N–H and O–H groups in total. The molecule has 6 heteroatoms. The molecule has 1 aliphatic heterocycles. The minimum atomic E-state index is -0.819. The number of piperidine rings is 1. The Morgan fingerprint density at radius 3 is 2.46 bits per heavy atom. The third-order valence-electron chi connectivity index (χ3n) is 5.34. The molecule has 1 aromatic carbocycles. The summed E-state index contributed by atoms with van der Waals surface area (Å²) in [5, 5.41) is 16.0. The summed E-state index contributed by atoms with van der Waals surface area (Å²) in [6, 6.07) is 10.4. The van der Waals surface area contributed by atoms with Crippen LogP contribution in [0.4, 0.5) is 4.79 Å². The first-order chi connectivity index (χ1) is 13.3. The van der Waals surface area contributed by atoms with Crippen molar-refractivity contribution in [3.05, 3.63) is 35.9 Å². The lowest BCUT2D eigenvalue weighted by atomic mass is 9.91. The van der Waals surface area contributed by atoms with Crippen LogP contribution in [0.15, 0.2) is 30.3 Å². The molecular formula is C22H35N3O3. The van der Waals surface area contributed by atoms with Crippen LogP contribution in [0.25, 0.3) is 0 Å². The number of rotatable bonds is 8. The van der Waals surface area contributed by atoms with Gasteiger partial charge in [0.1, 0.15) is 0 Å². The fraction of sp³-hybridized carbons (Fsp3) is 0.636. The molecule has 6 nitrogen and oxygen atoms in total. The van der Waals surface area contributed by atoms with Crippen LogP contribution in [0.1, 0.15) is 52.1 Å². The van der Waals surface area contributed by atoms with Crippen molar-refractivity contribution < 1.29 is 14.7 Å². The zero-order valence-corrected chi connectivity index (χ0v) is 17.5. The van der Waals surface area contributed by atoms with Crippen LogP contribution < -0.4 is 10.6 Å². The van der Waals surface area contributed by atoms with Gasteiger partial charge in [-0.25, -0.2) is 4.79 Å². The zero-order valence-electron chi connectivity index (χ0n) is 17.5. The Bertz CT molecular complexity index is 635. The lowest BCUT2D eigenvalue weighted by molar-refractivity contribution is -0.143. The number of hydrogen-bond donors (Lipinski definition) is 3. The molecule has 2 rings (SSSR count). The number of amides is 2. The van der Waals surface area contributed by atoms with Gasteiger partial charge < -0.3 is 20.6 Å². The van der Waals surface area contributed by atoms with E-state index in [9.17, 15) is 14.7 Å². The maximum atomic E-state index is 12.7. The van der Waals surface area contributed by atoms with E-state index in [-0.39, 0.29) is 30.6 Å². The predicted octanol–water partition coefficient (Wildman–Crippen LogP) is 3.50. The predicted molar refractivity (Wildman–Crippen MR) is 111 cm³/mol. The highest BCUT2D eigenvalue weighted by Gasteiger charge is 2.32. The molecule has 2 amide bonds. The highest BCUT2D eigenvalue weighted by molar-refractivity contribution is 5.76. The summed E-state index contributed by atoms with van der Waals surface area (Å²) in [5.74, 6) is -0.593. The van der Waals surface area contributed by atoms with E-state index in [0.29, 0.717) is 25.4 Å². The van der Waals surface area contributed by atoms with Crippen LogP contribution in [0.3, 0.4) is 0 Å². The van der Waals surface area contributed by atoms with Crippen LogP contribution >= 0.6 is 0 Å². The van der Waals surface area contributed by atoms with E-state index < -0.39 is 11.9 Å². The van der Waals surface area contributed by atoms with Crippen LogP contribution in [0, 0.1) is 17.8 Å². The highest BCUT2D eigenvalue weighted by Crippen LogP contribution is 2.22. The second-order valence-corrected chi connectivity index (χ2v) is 8.59. The molecule has 0 aromatic heterocycles. The topological polar surface area (TPSA) is 81.7 Å². The van der Waals surface area contributed by atoms with Gasteiger partial charge in [0.15, 0.2) is 0 Å². The second kappa shape index (κ2) is 10.5. The second-order valence-electron chi connectivity index (χ2n) is 8.59. The number of hydrogen-bond acceptors (Lipinski definition) is 3. The molecule has 4 unspecified atom stereocenters. The zero-order chi connectivity index (χ0) is 20.7. The lowest BCUT2D eigenvalue weighted by Crippen LogP contribution is -2.52. The molecule has 0 aliphatic carbocycles. The number of carboxylic acids is 1. The first-order valence-corrected chi connectivity index (χ1v) is 10.3. The van der Waals surface area contributed by atoms with Gasteiger partial charge in [0.05, 0.1) is 5.92 Å². The third kappa shape index (κ3) is 6.82. The lowest BCUT2D eigenvalue weighted by Gasteiger charge is -2.35. The number of carbonyl (C=O) groups is 2. The Morgan fingerprint density at radius 1 is 1.18 bits per heavy atom. The number of likely N-dealkylation sites (tertiary alicyclic amines) is 1. The molecular weight excluding hydrogens is 354 g/mol. The van der Waals surface area contributed by atoms with E-state index in [1.54, 1.807) is 4.90 Å². The number of aliphatic carboxylic acids is 1. The van der Waals surface area contributed by atoms with Crippen LogP contribution in [0.2, 0.25) is 0 Å². The van der Waals surface area contributed by atoms with Gasteiger partial charge in [-0.1, -0.05) is 51.1 Å². The molecule has 156 valence electrons. The molecule has 0 radical (unpaired) electrons. The number of benzene rings is 1. The van der Waals surface area contributed by atoms with Gasteiger partial charge in [-0.15, -0.1) is 0 Å². The standard InChI is InChI=1S/C22H35N3O3/c1-15(2)10-20(24-17(4)18-8-6-5-7-9-18)12-23-22(28)25-13-16(3)11-19(14-25)21(26)27/h5-9,15-17,19-20,24H,10-14H2,1-4H3,(H,23,28)(H,26,27). The van der Waals surface area contributed by atoms with Crippen molar-refractivity contribution in [1.29, 1.82) is 0 Å². The average Bonchev–Trinajstić information content (AvgIpc) is 2.65. The Kier molecular flexibility index (Phi) is 8.30. The Morgan fingerprint density at radius 2 is 1.86 bits per heavy atom. The van der Waals surface area contributed by atoms with Gasteiger partial charge in [0, 0.05) is 31.7 Å². The van der Waals surface area contributed by atoms with Gasteiger partial charge in [-0.3, -0.25) is 4.79 Å². The van der Waals surface area contributed by atoms with Gasteiger partial charge in [-0.2, -0.15) is 0 Å². The Balaban J connectivity index is 1.93. The Labute approximate surface area is 168 Å². The van der Waals surface area contributed by atoms with E-state index in [1.807, 2.05) is 25.1 Å². The molecule has 1 aromatic rings. The van der Waals surface area contributed by atoms with E-state index in [0.717, 1.165) is 6.42 Å². The van der Waals surface area contributed by atoms with Crippen LogP contribution in [0.5, 0.6) is 0 Å². The molecule has 4 atom stereocenters. The van der Waals surface area contributed by atoms with E-state index in [2.05, 4.69) is 43.5 Å². The molecule has 28 heavy (non-hydrogen) atoms. The minimum absolute atomic E-state index is 0.150. The number of nitrogens with one attached hydrogen (secondary N) is 2. The first kappa shape index (κ1) is 22.2. The SMILES string of the molecule is CC(C)CC(CNC(=O)N1CC(C)CC(C(=O)O)C1)NC(C)c1ccccc1. The van der Waals surface area contributed by atoms with Crippen molar-refractivity contribution in [3.63, 3.8) is 0 Å². The molecule has 0 saturated carbocycles. The quantitative estimate of drug-likeness (QED) is 0.635. The summed E-state index contributed by atoms with van der Waals surface area (Å²) < 4.78 is 0. The minimum Gasteiger partial charge on any atom is -0.481 e. The van der Waals surface area contributed by atoms with E-state index >= 15 is 0 Å². The van der Waals surface area contributed by atoms with Crippen LogP contribution in [-0.2, 0) is 4.79 Å². The fourth-order valence-electron chi connectivity index (χ4n) is 3.99. The van der Waals surface area contributed by atoms with Gasteiger partial charge in [-0.05, 0) is 37.2 Å². The summed E-state index contributed by atoms with van der Waals surface area (Å²) in [6.45, 7) is 9.90. The number of nitrogens with zero attached hydrogens (tertiary/aromatic N) is 1. The van der Waals surface area contributed by atoms with Crippen molar-refractivity contribution in [3.8, 4) is 0 Å². The van der Waals surface area contributed by atoms with Crippen molar-refractivity contribution >= 4 is 12.0 Å². The number of carbonyl (C=O) groups excluding carboxylic acids is 1. The van der Waals surface area contributed by atoms with E-state index in [4.69, 9.17) is 0 Å². The average molecular weight is 390 g/mol. The largest absolute Gasteiger partial charge is 0.481 e. The maximum absolute atomic E-state index is 12.7. The summed E-state index contributed by atoms with van der Waals surface area (Å²) in [4.78, 5) is 25.6. The number of urea groups is 1. The fourth-order valence-corrected chi connectivity index (χ4v) is 3.99. The third-order valence-corrected chi connectivity index (χ3v) is 5.34. The molecule has 0 spiro atoms. The van der Waals surface area contributed by atoms with Crippen molar-refractivity contribution in [2.75, 3.05) is 19.6 Å². The van der Waals surface area contributed by atoms with Crippen molar-refractivity contribution in [1.82, 2.24) is 15.5 Å². The van der Waals surface area contributed by atoms with Gasteiger partial charge in [0.2, 0.25) is 0 Å². The van der Waals surface area contributed by atoms with Gasteiger partial charge >= 0.3 is 12.0 Å². The van der Waals surface area contributed by atoms with E-state index in [1.165, 1.54) is 5.56 Å².